The number of benzene rings is 1. The van der Waals surface area contributed by atoms with Gasteiger partial charge < -0.3 is 10.1 Å². The zero-order valence-corrected chi connectivity index (χ0v) is 15.2. The maximum atomic E-state index is 12.7. The predicted octanol–water partition coefficient (Wildman–Crippen LogP) is 2.22. The fraction of sp³-hybridized carbons (Fsp3) is 0.471. The van der Waals surface area contributed by atoms with Crippen LogP contribution in [0.25, 0.3) is 10.9 Å². The first kappa shape index (κ1) is 18.5. The smallest absolute Gasteiger partial charge is 0.262 e. The summed E-state index contributed by atoms with van der Waals surface area (Å²) in [6.07, 6.45) is 0. The highest BCUT2D eigenvalue weighted by molar-refractivity contribution is 8.00. The lowest BCUT2D eigenvalue weighted by Gasteiger charge is -2.18. The molecule has 0 bridgehead atoms. The number of rotatable bonds is 7. The molecular weight excluding hydrogens is 326 g/mol. The van der Waals surface area contributed by atoms with Crippen LogP contribution in [0.3, 0.4) is 0 Å². The summed E-state index contributed by atoms with van der Waals surface area (Å²) in [5.74, 6) is -0.102. The molecule has 1 amide bonds. The molecule has 0 saturated heterocycles. The summed E-state index contributed by atoms with van der Waals surface area (Å²) in [5.41, 5.74) is 0.569. The topological polar surface area (TPSA) is 73.2 Å². The van der Waals surface area contributed by atoms with Crippen molar-refractivity contribution in [1.29, 1.82) is 0 Å². The van der Waals surface area contributed by atoms with E-state index in [0.717, 1.165) is 0 Å². The monoisotopic (exact) mass is 349 g/mol. The van der Waals surface area contributed by atoms with Crippen LogP contribution in [0.2, 0.25) is 0 Å². The van der Waals surface area contributed by atoms with Gasteiger partial charge in [0.1, 0.15) is 0 Å². The van der Waals surface area contributed by atoms with Crippen molar-refractivity contribution in [2.24, 2.45) is 0 Å². The number of nitrogens with one attached hydrogen (secondary N) is 1. The molecule has 1 aromatic carbocycles. The number of para-hydroxylation sites is 1. The molecule has 1 aromatic heterocycles. The van der Waals surface area contributed by atoms with Crippen molar-refractivity contribution in [3.63, 3.8) is 0 Å². The van der Waals surface area contributed by atoms with E-state index < -0.39 is 0 Å². The standard InChI is InChI=1S/C17H23N3O3S/c1-11(2)20-16(22)13-7-5-6-8-14(13)19-17(20)24-12(3)15(21)18-9-10-23-4/h5-8,11-12H,9-10H2,1-4H3,(H,18,21)/t12-/m1/s1. The maximum absolute atomic E-state index is 12.7. The van der Waals surface area contributed by atoms with Crippen LogP contribution in [0.5, 0.6) is 0 Å². The Labute approximate surface area is 145 Å². The number of hydrogen-bond donors (Lipinski definition) is 1. The molecular formula is C17H23N3O3S. The van der Waals surface area contributed by atoms with E-state index in [1.807, 2.05) is 32.0 Å². The largest absolute Gasteiger partial charge is 0.383 e. The van der Waals surface area contributed by atoms with Crippen LogP contribution in [0.1, 0.15) is 26.8 Å². The van der Waals surface area contributed by atoms with Gasteiger partial charge in [0.05, 0.1) is 22.8 Å². The summed E-state index contributed by atoms with van der Waals surface area (Å²) in [6, 6.07) is 7.23. The molecule has 0 aliphatic carbocycles. The number of carbonyl (C=O) groups is 1. The molecule has 0 aliphatic heterocycles. The zero-order valence-electron chi connectivity index (χ0n) is 14.4. The minimum Gasteiger partial charge on any atom is -0.383 e. The number of hydrogen-bond acceptors (Lipinski definition) is 5. The van der Waals surface area contributed by atoms with Crippen molar-refractivity contribution in [2.45, 2.75) is 37.2 Å². The molecule has 2 rings (SSSR count). The molecule has 0 spiro atoms. The Bertz CT molecular complexity index is 773. The van der Waals surface area contributed by atoms with Crippen LogP contribution >= 0.6 is 11.8 Å². The number of carbonyl (C=O) groups excluding carboxylic acids is 1. The molecule has 1 N–H and O–H groups in total. The molecule has 7 heteroatoms. The second kappa shape index (κ2) is 8.30. The summed E-state index contributed by atoms with van der Waals surface area (Å²) in [5, 5.41) is 3.59. The lowest BCUT2D eigenvalue weighted by molar-refractivity contribution is -0.120. The van der Waals surface area contributed by atoms with E-state index in [1.165, 1.54) is 11.8 Å². The van der Waals surface area contributed by atoms with Gasteiger partial charge in [-0.15, -0.1) is 0 Å². The summed E-state index contributed by atoms with van der Waals surface area (Å²) < 4.78 is 6.57. The van der Waals surface area contributed by atoms with Crippen LogP contribution < -0.4 is 10.9 Å². The average molecular weight is 349 g/mol. The van der Waals surface area contributed by atoms with Gasteiger partial charge in [0.2, 0.25) is 5.91 Å². The van der Waals surface area contributed by atoms with E-state index in [1.54, 1.807) is 24.7 Å². The Balaban J connectivity index is 2.32. The highest BCUT2D eigenvalue weighted by Gasteiger charge is 2.20. The lowest BCUT2D eigenvalue weighted by atomic mass is 10.2. The van der Waals surface area contributed by atoms with Crippen molar-refractivity contribution in [2.75, 3.05) is 20.3 Å². The molecule has 0 unspecified atom stereocenters. The van der Waals surface area contributed by atoms with Crippen molar-refractivity contribution < 1.29 is 9.53 Å². The van der Waals surface area contributed by atoms with Gasteiger partial charge in [-0.25, -0.2) is 4.98 Å². The van der Waals surface area contributed by atoms with E-state index in [2.05, 4.69) is 10.3 Å². The van der Waals surface area contributed by atoms with Crippen molar-refractivity contribution in [3.05, 3.63) is 34.6 Å². The SMILES string of the molecule is COCCNC(=O)[C@@H](C)Sc1nc2ccccc2c(=O)n1C(C)C. The molecule has 1 heterocycles. The zero-order chi connectivity index (χ0) is 17.7. The average Bonchev–Trinajstić information content (AvgIpc) is 2.54. The summed E-state index contributed by atoms with van der Waals surface area (Å²) in [4.78, 5) is 29.5. The summed E-state index contributed by atoms with van der Waals surface area (Å²) >= 11 is 1.29. The minimum atomic E-state index is -0.361. The van der Waals surface area contributed by atoms with E-state index in [4.69, 9.17) is 4.74 Å². The molecule has 6 nitrogen and oxygen atoms in total. The Morgan fingerprint density at radius 3 is 2.71 bits per heavy atom. The molecule has 0 saturated carbocycles. The van der Waals surface area contributed by atoms with Crippen molar-refractivity contribution in [1.82, 2.24) is 14.9 Å². The number of amides is 1. The van der Waals surface area contributed by atoms with Crippen molar-refractivity contribution >= 4 is 28.6 Å². The third kappa shape index (κ3) is 4.15. The molecule has 0 radical (unpaired) electrons. The Kier molecular flexibility index (Phi) is 6.39. The Morgan fingerprint density at radius 2 is 2.04 bits per heavy atom. The van der Waals surface area contributed by atoms with Crippen LogP contribution in [0.15, 0.2) is 34.2 Å². The van der Waals surface area contributed by atoms with Gasteiger partial charge in [0, 0.05) is 19.7 Å². The van der Waals surface area contributed by atoms with E-state index in [9.17, 15) is 9.59 Å². The molecule has 130 valence electrons. The highest BCUT2D eigenvalue weighted by Crippen LogP contribution is 2.24. The van der Waals surface area contributed by atoms with Crippen LogP contribution in [0.4, 0.5) is 0 Å². The van der Waals surface area contributed by atoms with E-state index in [0.29, 0.717) is 29.2 Å². The van der Waals surface area contributed by atoms with E-state index in [-0.39, 0.29) is 22.8 Å². The Morgan fingerprint density at radius 1 is 1.33 bits per heavy atom. The first-order chi connectivity index (χ1) is 11.5. The molecule has 2 aromatic rings. The van der Waals surface area contributed by atoms with Crippen LogP contribution in [-0.4, -0.2) is 41.0 Å². The van der Waals surface area contributed by atoms with Gasteiger partial charge in [0.15, 0.2) is 5.16 Å². The number of aromatic nitrogens is 2. The molecule has 0 aliphatic rings. The summed E-state index contributed by atoms with van der Waals surface area (Å²) in [6.45, 7) is 6.60. The van der Waals surface area contributed by atoms with Crippen molar-refractivity contribution in [3.8, 4) is 0 Å². The highest BCUT2D eigenvalue weighted by atomic mass is 32.2. The maximum Gasteiger partial charge on any atom is 0.262 e. The third-order valence-corrected chi connectivity index (χ3v) is 4.62. The van der Waals surface area contributed by atoms with Gasteiger partial charge in [-0.3, -0.25) is 14.2 Å². The third-order valence-electron chi connectivity index (χ3n) is 3.55. The number of methoxy groups -OCH3 is 1. The normalized spacial score (nSPS) is 12.5. The van der Waals surface area contributed by atoms with Gasteiger partial charge >= 0.3 is 0 Å². The fourth-order valence-electron chi connectivity index (χ4n) is 2.30. The predicted molar refractivity (Wildman–Crippen MR) is 96.6 cm³/mol. The van der Waals surface area contributed by atoms with E-state index >= 15 is 0 Å². The quantitative estimate of drug-likeness (QED) is 0.471. The number of nitrogens with zero attached hydrogens (tertiary/aromatic N) is 2. The first-order valence-electron chi connectivity index (χ1n) is 7.90. The van der Waals surface area contributed by atoms with Crippen LogP contribution in [-0.2, 0) is 9.53 Å². The lowest BCUT2D eigenvalue weighted by Crippen LogP contribution is -2.34. The number of ether oxygens (including phenoxy) is 1. The van der Waals surface area contributed by atoms with Gasteiger partial charge in [0.25, 0.3) is 5.56 Å². The number of thioether (sulfide) groups is 1. The fourth-order valence-corrected chi connectivity index (χ4v) is 3.36. The van der Waals surface area contributed by atoms with Crippen LogP contribution in [0, 0.1) is 0 Å². The Hall–Kier alpha value is -1.86. The molecule has 24 heavy (non-hydrogen) atoms. The number of fused-ring (bicyclic) bond motifs is 1. The molecule has 1 atom stereocenters. The second-order valence-corrected chi connectivity index (χ2v) is 7.03. The molecule has 0 fully saturated rings. The first-order valence-corrected chi connectivity index (χ1v) is 8.78. The summed E-state index contributed by atoms with van der Waals surface area (Å²) in [7, 11) is 1.59. The minimum absolute atomic E-state index is 0.0409. The second-order valence-electron chi connectivity index (χ2n) is 5.72. The van der Waals surface area contributed by atoms with Gasteiger partial charge in [-0.2, -0.15) is 0 Å². The van der Waals surface area contributed by atoms with Gasteiger partial charge in [-0.05, 0) is 32.9 Å². The van der Waals surface area contributed by atoms with Gasteiger partial charge in [-0.1, -0.05) is 23.9 Å².